The SMILES string of the molecule is N#CCN(C(=S)Oc1ccccc1)c1ccccc1. The van der Waals surface area contributed by atoms with Crippen molar-refractivity contribution in [3.63, 3.8) is 0 Å². The van der Waals surface area contributed by atoms with Crippen molar-refractivity contribution in [2.45, 2.75) is 0 Å². The highest BCUT2D eigenvalue weighted by Crippen LogP contribution is 2.16. The van der Waals surface area contributed by atoms with Crippen LogP contribution in [0.25, 0.3) is 0 Å². The largest absolute Gasteiger partial charge is 0.432 e. The van der Waals surface area contributed by atoms with E-state index in [0.29, 0.717) is 5.75 Å². The minimum absolute atomic E-state index is 0.148. The zero-order valence-corrected chi connectivity index (χ0v) is 11.0. The molecule has 19 heavy (non-hydrogen) atoms. The van der Waals surface area contributed by atoms with Gasteiger partial charge in [0.15, 0.2) is 0 Å². The topological polar surface area (TPSA) is 36.3 Å². The van der Waals surface area contributed by atoms with Gasteiger partial charge in [0.05, 0.1) is 6.07 Å². The normalized spacial score (nSPS) is 9.42. The van der Waals surface area contributed by atoms with Crippen LogP contribution in [0.15, 0.2) is 60.7 Å². The van der Waals surface area contributed by atoms with Crippen LogP contribution in [0, 0.1) is 11.3 Å². The van der Waals surface area contributed by atoms with E-state index in [1.165, 1.54) is 0 Å². The van der Waals surface area contributed by atoms with Crippen molar-refractivity contribution in [2.24, 2.45) is 0 Å². The van der Waals surface area contributed by atoms with Gasteiger partial charge in [-0.1, -0.05) is 36.4 Å². The second kappa shape index (κ2) is 6.53. The van der Waals surface area contributed by atoms with Gasteiger partial charge in [0.25, 0.3) is 5.17 Å². The summed E-state index contributed by atoms with van der Waals surface area (Å²) in [6, 6.07) is 20.9. The maximum atomic E-state index is 8.91. The van der Waals surface area contributed by atoms with E-state index in [4.69, 9.17) is 22.2 Å². The summed E-state index contributed by atoms with van der Waals surface area (Å²) in [5.41, 5.74) is 0.838. The Morgan fingerprint density at radius 3 is 2.21 bits per heavy atom. The molecule has 0 saturated carbocycles. The number of hydrogen-bond donors (Lipinski definition) is 0. The zero-order valence-electron chi connectivity index (χ0n) is 10.2. The molecule has 0 unspecified atom stereocenters. The molecule has 94 valence electrons. The average molecular weight is 268 g/mol. The van der Waals surface area contributed by atoms with Crippen molar-refractivity contribution >= 4 is 23.1 Å². The van der Waals surface area contributed by atoms with Gasteiger partial charge in [-0.15, -0.1) is 0 Å². The van der Waals surface area contributed by atoms with Crippen LogP contribution in [-0.4, -0.2) is 11.7 Å². The number of nitriles is 1. The van der Waals surface area contributed by atoms with E-state index in [0.717, 1.165) is 5.69 Å². The second-order valence-corrected chi connectivity index (χ2v) is 4.11. The lowest BCUT2D eigenvalue weighted by atomic mass is 10.3. The summed E-state index contributed by atoms with van der Waals surface area (Å²) < 4.78 is 5.59. The molecule has 0 N–H and O–H groups in total. The molecule has 0 amide bonds. The van der Waals surface area contributed by atoms with Crippen LogP contribution in [0.2, 0.25) is 0 Å². The van der Waals surface area contributed by atoms with E-state index < -0.39 is 0 Å². The standard InChI is InChI=1S/C15H12N2OS/c16-11-12-17(13-7-3-1-4-8-13)15(19)18-14-9-5-2-6-10-14/h1-10H,12H2. The minimum Gasteiger partial charge on any atom is -0.432 e. The van der Waals surface area contributed by atoms with Gasteiger partial charge in [-0.2, -0.15) is 5.26 Å². The summed E-state index contributed by atoms with van der Waals surface area (Å²) in [6.45, 7) is 0.148. The van der Waals surface area contributed by atoms with E-state index in [9.17, 15) is 0 Å². The van der Waals surface area contributed by atoms with Gasteiger partial charge < -0.3 is 4.74 Å². The first kappa shape index (κ1) is 13.1. The molecule has 0 bridgehead atoms. The summed E-state index contributed by atoms with van der Waals surface area (Å²) in [6.07, 6.45) is 0. The minimum atomic E-state index is 0.148. The summed E-state index contributed by atoms with van der Waals surface area (Å²) in [4.78, 5) is 1.66. The molecule has 0 heterocycles. The summed E-state index contributed by atoms with van der Waals surface area (Å²) in [5.74, 6) is 0.659. The molecule has 0 aliphatic rings. The van der Waals surface area contributed by atoms with Gasteiger partial charge in [-0.25, -0.2) is 0 Å². The second-order valence-electron chi connectivity index (χ2n) is 3.76. The van der Waals surface area contributed by atoms with E-state index in [2.05, 4.69) is 6.07 Å². The number of ether oxygens (including phenoxy) is 1. The van der Waals surface area contributed by atoms with E-state index >= 15 is 0 Å². The third-order valence-electron chi connectivity index (χ3n) is 2.47. The highest BCUT2D eigenvalue weighted by Gasteiger charge is 2.13. The zero-order chi connectivity index (χ0) is 13.5. The predicted molar refractivity (Wildman–Crippen MR) is 79.1 cm³/mol. The van der Waals surface area contributed by atoms with E-state index in [1.54, 1.807) is 4.90 Å². The van der Waals surface area contributed by atoms with Gasteiger partial charge in [-0.3, -0.25) is 4.90 Å². The highest BCUT2D eigenvalue weighted by atomic mass is 32.1. The monoisotopic (exact) mass is 268 g/mol. The molecule has 0 aromatic heterocycles. The molecular weight excluding hydrogens is 256 g/mol. The highest BCUT2D eigenvalue weighted by molar-refractivity contribution is 7.80. The molecule has 2 aromatic rings. The number of thiocarbonyl (C=S) groups is 1. The number of anilines is 1. The van der Waals surface area contributed by atoms with Crippen LogP contribution in [0.5, 0.6) is 5.75 Å². The van der Waals surface area contributed by atoms with Crippen LogP contribution < -0.4 is 9.64 Å². The fourth-order valence-corrected chi connectivity index (χ4v) is 1.85. The molecular formula is C15H12N2OS. The molecule has 0 aliphatic heterocycles. The van der Waals surface area contributed by atoms with Gasteiger partial charge in [-0.05, 0) is 36.5 Å². The van der Waals surface area contributed by atoms with E-state index in [1.807, 2.05) is 60.7 Å². The van der Waals surface area contributed by atoms with Crippen molar-refractivity contribution in [1.29, 1.82) is 5.26 Å². The number of nitrogens with zero attached hydrogens (tertiary/aromatic N) is 2. The van der Waals surface area contributed by atoms with E-state index in [-0.39, 0.29) is 11.7 Å². The third kappa shape index (κ3) is 3.54. The number of hydrogen-bond acceptors (Lipinski definition) is 3. The smallest absolute Gasteiger partial charge is 0.270 e. The molecule has 0 atom stereocenters. The third-order valence-corrected chi connectivity index (χ3v) is 2.77. The number of rotatable bonds is 3. The van der Waals surface area contributed by atoms with Gasteiger partial charge in [0.2, 0.25) is 0 Å². The molecule has 0 saturated heterocycles. The molecule has 4 heteroatoms. The lowest BCUT2D eigenvalue weighted by Crippen LogP contribution is -2.33. The first-order valence-corrected chi connectivity index (χ1v) is 6.18. The fraction of sp³-hybridized carbons (Fsp3) is 0.0667. The van der Waals surface area contributed by atoms with Gasteiger partial charge in [0.1, 0.15) is 12.3 Å². The van der Waals surface area contributed by atoms with Crippen molar-refractivity contribution in [2.75, 3.05) is 11.4 Å². The summed E-state index contributed by atoms with van der Waals surface area (Å²) >= 11 is 5.26. The Balaban J connectivity index is 2.16. The Labute approximate surface area is 117 Å². The molecule has 2 rings (SSSR count). The lowest BCUT2D eigenvalue weighted by molar-refractivity contribution is 0.550. The maximum Gasteiger partial charge on any atom is 0.270 e. The van der Waals surface area contributed by atoms with Crippen molar-refractivity contribution in [3.05, 3.63) is 60.7 Å². The Kier molecular flexibility index (Phi) is 4.49. The average Bonchev–Trinajstić information content (AvgIpc) is 2.46. The van der Waals surface area contributed by atoms with Gasteiger partial charge in [0, 0.05) is 5.69 Å². The first-order valence-electron chi connectivity index (χ1n) is 5.77. The molecule has 2 aromatic carbocycles. The van der Waals surface area contributed by atoms with Crippen molar-refractivity contribution < 1.29 is 4.74 Å². The quantitative estimate of drug-likeness (QED) is 0.631. The molecule has 0 aliphatic carbocycles. The Morgan fingerprint density at radius 1 is 1.05 bits per heavy atom. The van der Waals surface area contributed by atoms with Crippen molar-refractivity contribution in [3.8, 4) is 11.8 Å². The maximum absolute atomic E-state index is 8.91. The Hall–Kier alpha value is -2.38. The molecule has 0 radical (unpaired) electrons. The molecule has 0 fully saturated rings. The van der Waals surface area contributed by atoms with Gasteiger partial charge >= 0.3 is 0 Å². The van der Waals surface area contributed by atoms with Crippen LogP contribution in [-0.2, 0) is 0 Å². The first-order chi connectivity index (χ1) is 9.31. The Morgan fingerprint density at radius 2 is 1.63 bits per heavy atom. The lowest BCUT2D eigenvalue weighted by Gasteiger charge is -2.21. The molecule has 3 nitrogen and oxygen atoms in total. The number of para-hydroxylation sites is 2. The predicted octanol–water partition coefficient (Wildman–Crippen LogP) is 3.38. The van der Waals surface area contributed by atoms with Crippen molar-refractivity contribution in [1.82, 2.24) is 0 Å². The van der Waals surface area contributed by atoms with Crippen LogP contribution in [0.4, 0.5) is 5.69 Å². The fourth-order valence-electron chi connectivity index (χ4n) is 1.58. The summed E-state index contributed by atoms with van der Waals surface area (Å²) in [5, 5.41) is 9.17. The van der Waals surface area contributed by atoms with Crippen LogP contribution >= 0.6 is 12.2 Å². The van der Waals surface area contributed by atoms with Crippen LogP contribution in [0.3, 0.4) is 0 Å². The van der Waals surface area contributed by atoms with Crippen LogP contribution in [0.1, 0.15) is 0 Å². The molecule has 0 spiro atoms. The number of benzene rings is 2. The summed E-state index contributed by atoms with van der Waals surface area (Å²) in [7, 11) is 0. The Bertz CT molecular complexity index is 578.